The molecule has 8 heteroatoms. The molecule has 0 aromatic carbocycles. The molecule has 156 valence electrons. The van der Waals surface area contributed by atoms with Crippen molar-refractivity contribution < 1.29 is 13.6 Å². The molecular weight excluding hydrogens is 385 g/mol. The third kappa shape index (κ3) is 3.62. The Morgan fingerprint density at radius 1 is 1.23 bits per heavy atom. The van der Waals surface area contributed by atoms with Crippen LogP contribution in [0.2, 0.25) is 0 Å². The summed E-state index contributed by atoms with van der Waals surface area (Å²) in [4.78, 5) is 27.9. The van der Waals surface area contributed by atoms with Crippen LogP contribution in [-0.4, -0.2) is 40.1 Å². The van der Waals surface area contributed by atoms with E-state index in [1.807, 2.05) is 11.0 Å². The van der Waals surface area contributed by atoms with Gasteiger partial charge in [0, 0.05) is 37.0 Å². The van der Waals surface area contributed by atoms with Gasteiger partial charge in [-0.25, -0.2) is 19.3 Å². The number of hydrogen-bond donors (Lipinski definition) is 1. The van der Waals surface area contributed by atoms with Crippen LogP contribution in [0, 0.1) is 12.8 Å². The maximum atomic E-state index is 13.2. The van der Waals surface area contributed by atoms with Crippen molar-refractivity contribution in [2.24, 2.45) is 5.92 Å². The lowest BCUT2D eigenvalue weighted by Gasteiger charge is -2.20. The topological polar surface area (TPSA) is 83.9 Å². The number of carbonyl (C=O) groups is 1. The van der Waals surface area contributed by atoms with E-state index in [-0.39, 0.29) is 17.9 Å². The van der Waals surface area contributed by atoms with E-state index in [2.05, 4.69) is 15.3 Å². The Morgan fingerprint density at radius 2 is 2.07 bits per heavy atom. The van der Waals surface area contributed by atoms with E-state index in [0.29, 0.717) is 35.2 Å². The van der Waals surface area contributed by atoms with Crippen LogP contribution in [0.1, 0.15) is 38.0 Å². The zero-order valence-electron chi connectivity index (χ0n) is 16.9. The number of amides is 1. The highest BCUT2D eigenvalue weighted by molar-refractivity contribution is 5.98. The quantitative estimate of drug-likeness (QED) is 0.634. The van der Waals surface area contributed by atoms with Gasteiger partial charge >= 0.3 is 0 Å². The Labute approximate surface area is 173 Å². The van der Waals surface area contributed by atoms with Gasteiger partial charge in [0.2, 0.25) is 5.91 Å². The number of nitrogens with one attached hydrogen (secondary N) is 1. The van der Waals surface area contributed by atoms with Gasteiger partial charge in [-0.1, -0.05) is 19.3 Å². The van der Waals surface area contributed by atoms with Crippen LogP contribution in [0.5, 0.6) is 0 Å². The molecule has 0 radical (unpaired) electrons. The lowest BCUT2D eigenvalue weighted by atomic mass is 9.89. The Hall–Kier alpha value is -3.03. The molecule has 3 aromatic heterocycles. The number of rotatable bonds is 5. The van der Waals surface area contributed by atoms with Gasteiger partial charge in [0.25, 0.3) is 0 Å². The van der Waals surface area contributed by atoms with E-state index < -0.39 is 6.67 Å². The van der Waals surface area contributed by atoms with Crippen LogP contribution in [0.15, 0.2) is 28.9 Å². The first kappa shape index (κ1) is 19.0. The van der Waals surface area contributed by atoms with Gasteiger partial charge in [0.15, 0.2) is 11.7 Å². The lowest BCUT2D eigenvalue weighted by molar-refractivity contribution is -0.120. The minimum absolute atomic E-state index is 0.0206. The van der Waals surface area contributed by atoms with Crippen LogP contribution in [0.25, 0.3) is 22.4 Å². The van der Waals surface area contributed by atoms with Crippen molar-refractivity contribution in [3.05, 3.63) is 30.4 Å². The Balaban J connectivity index is 1.50. The van der Waals surface area contributed by atoms with Crippen LogP contribution >= 0.6 is 0 Å². The molecule has 0 spiro atoms. The largest absolute Gasteiger partial charge is 0.439 e. The molecule has 2 fully saturated rings. The summed E-state index contributed by atoms with van der Waals surface area (Å²) >= 11 is 0. The van der Waals surface area contributed by atoms with Gasteiger partial charge in [-0.3, -0.25) is 4.79 Å². The minimum atomic E-state index is -0.399. The number of anilines is 2. The number of carbonyl (C=O) groups excluding carboxylic acids is 1. The molecule has 5 rings (SSSR count). The maximum Gasteiger partial charge on any atom is 0.228 e. The van der Waals surface area contributed by atoms with E-state index >= 15 is 0 Å². The second-order valence-electron chi connectivity index (χ2n) is 8.14. The van der Waals surface area contributed by atoms with Gasteiger partial charge < -0.3 is 14.6 Å². The standard InChI is InChI=1S/C22H24FN5O2/c1-13-24-11-20(30-13)18-7-19(28-12-15(28)9-23)16-10-25-21(8-17(16)26-18)27-22(29)14-5-3-2-4-6-14/h7-8,10-11,14-15H,2-6,9,12H2,1H3,(H,25,27,29). The average Bonchev–Trinajstić information content (AvgIpc) is 3.44. The predicted molar refractivity (Wildman–Crippen MR) is 112 cm³/mol. The zero-order valence-corrected chi connectivity index (χ0v) is 16.9. The van der Waals surface area contributed by atoms with Crippen molar-refractivity contribution in [1.82, 2.24) is 15.0 Å². The number of hydrogen-bond acceptors (Lipinski definition) is 6. The number of aryl methyl sites for hydroxylation is 1. The fraction of sp³-hybridized carbons (Fsp3) is 0.455. The van der Waals surface area contributed by atoms with Crippen LogP contribution in [-0.2, 0) is 4.79 Å². The van der Waals surface area contributed by atoms with Crippen LogP contribution in [0.4, 0.5) is 15.9 Å². The van der Waals surface area contributed by atoms with Gasteiger partial charge in [0.1, 0.15) is 18.2 Å². The third-order valence-electron chi connectivity index (χ3n) is 5.98. The highest BCUT2D eigenvalue weighted by atomic mass is 19.1. The number of pyridine rings is 2. The molecule has 4 heterocycles. The van der Waals surface area contributed by atoms with Crippen molar-refractivity contribution in [1.29, 1.82) is 0 Å². The highest BCUT2D eigenvalue weighted by Gasteiger charge is 2.36. The first-order valence-corrected chi connectivity index (χ1v) is 10.5. The Bertz CT molecular complexity index is 1090. The predicted octanol–water partition coefficient (Wildman–Crippen LogP) is 4.27. The SMILES string of the molecule is Cc1ncc(-c2cc(N3CC3CF)c3cnc(NC(=O)C4CCCCC4)cc3n2)o1. The summed E-state index contributed by atoms with van der Waals surface area (Å²) in [6.07, 6.45) is 8.59. The molecule has 1 aliphatic carbocycles. The average molecular weight is 409 g/mol. The summed E-state index contributed by atoms with van der Waals surface area (Å²) in [5, 5.41) is 3.77. The Kier molecular flexibility index (Phi) is 4.84. The molecule has 2 aliphatic rings. The maximum absolute atomic E-state index is 13.2. The first-order valence-electron chi connectivity index (χ1n) is 10.5. The van der Waals surface area contributed by atoms with Gasteiger partial charge in [0.05, 0.1) is 23.4 Å². The molecule has 1 amide bonds. The van der Waals surface area contributed by atoms with E-state index in [1.54, 1.807) is 25.4 Å². The molecule has 1 N–H and O–H groups in total. The smallest absolute Gasteiger partial charge is 0.228 e. The van der Waals surface area contributed by atoms with E-state index in [0.717, 1.165) is 36.8 Å². The molecule has 7 nitrogen and oxygen atoms in total. The second kappa shape index (κ2) is 7.66. The van der Waals surface area contributed by atoms with Gasteiger partial charge in [-0.2, -0.15) is 0 Å². The number of halogens is 1. The molecule has 30 heavy (non-hydrogen) atoms. The lowest BCUT2D eigenvalue weighted by Crippen LogP contribution is -2.25. The van der Waals surface area contributed by atoms with Crippen LogP contribution in [0.3, 0.4) is 0 Å². The fourth-order valence-corrected chi connectivity index (χ4v) is 4.22. The summed E-state index contributed by atoms with van der Waals surface area (Å²) in [5.41, 5.74) is 2.16. The molecule has 1 atom stereocenters. The van der Waals surface area contributed by atoms with Gasteiger partial charge in [-0.05, 0) is 18.9 Å². The van der Waals surface area contributed by atoms with Crippen molar-refractivity contribution in [3.63, 3.8) is 0 Å². The molecule has 1 saturated carbocycles. The molecule has 1 saturated heterocycles. The number of aromatic nitrogens is 3. The van der Waals surface area contributed by atoms with E-state index in [9.17, 15) is 9.18 Å². The highest BCUT2D eigenvalue weighted by Crippen LogP contribution is 2.37. The Morgan fingerprint density at radius 3 is 2.77 bits per heavy atom. The summed E-state index contributed by atoms with van der Waals surface area (Å²) in [5.74, 6) is 1.66. The second-order valence-corrected chi connectivity index (χ2v) is 8.14. The minimum Gasteiger partial charge on any atom is -0.439 e. The molecular formula is C22H24FN5O2. The normalized spacial score (nSPS) is 19.3. The number of fused-ring (bicyclic) bond motifs is 1. The van der Waals surface area contributed by atoms with E-state index in [1.165, 1.54) is 6.42 Å². The van der Waals surface area contributed by atoms with Crippen molar-refractivity contribution in [2.75, 3.05) is 23.4 Å². The number of nitrogens with zero attached hydrogens (tertiary/aromatic N) is 4. The zero-order chi connectivity index (χ0) is 20.7. The number of alkyl halides is 1. The number of oxazole rings is 1. The summed E-state index contributed by atoms with van der Waals surface area (Å²) < 4.78 is 18.8. The van der Waals surface area contributed by atoms with Crippen molar-refractivity contribution >= 4 is 28.3 Å². The molecule has 1 aliphatic heterocycles. The summed E-state index contributed by atoms with van der Waals surface area (Å²) in [6.45, 7) is 2.03. The fourth-order valence-electron chi connectivity index (χ4n) is 4.22. The van der Waals surface area contributed by atoms with Crippen molar-refractivity contribution in [3.8, 4) is 11.5 Å². The molecule has 3 aromatic rings. The van der Waals surface area contributed by atoms with E-state index in [4.69, 9.17) is 9.40 Å². The van der Waals surface area contributed by atoms with Crippen molar-refractivity contribution in [2.45, 2.75) is 45.1 Å². The van der Waals surface area contributed by atoms with Gasteiger partial charge in [-0.15, -0.1) is 0 Å². The third-order valence-corrected chi connectivity index (χ3v) is 5.98. The molecule has 0 bridgehead atoms. The van der Waals surface area contributed by atoms with Crippen LogP contribution < -0.4 is 10.2 Å². The summed E-state index contributed by atoms with van der Waals surface area (Å²) in [6, 6.07) is 3.55. The monoisotopic (exact) mass is 409 g/mol. The summed E-state index contributed by atoms with van der Waals surface area (Å²) in [7, 11) is 0. The first-order chi connectivity index (χ1) is 14.6. The molecule has 1 unspecified atom stereocenters.